The Kier molecular flexibility index (Phi) is 10.2. The largest absolute Gasteiger partial charge is 0.388 e. The van der Waals surface area contributed by atoms with Crippen LogP contribution in [0.4, 0.5) is 0 Å². The standard InChI is InChI=1S/C19H33NO/c1-3-5-7-8-9-17-10-12-18(13-11-17)19(21)14-16-20-15-6-4-2/h10-13,19-21H,3-9,14-16H2,1-2H3. The molecule has 0 heterocycles. The van der Waals surface area contributed by atoms with Gasteiger partial charge in [-0.15, -0.1) is 0 Å². The number of benzene rings is 1. The first-order valence-electron chi connectivity index (χ1n) is 8.75. The van der Waals surface area contributed by atoms with Gasteiger partial charge in [-0.05, 0) is 49.9 Å². The molecule has 0 amide bonds. The highest BCUT2D eigenvalue weighted by Crippen LogP contribution is 2.17. The van der Waals surface area contributed by atoms with Gasteiger partial charge in [0.15, 0.2) is 0 Å². The van der Waals surface area contributed by atoms with Gasteiger partial charge in [-0.2, -0.15) is 0 Å². The predicted molar refractivity (Wildman–Crippen MR) is 91.6 cm³/mol. The van der Waals surface area contributed by atoms with Gasteiger partial charge in [-0.1, -0.05) is 63.8 Å². The molecule has 0 bridgehead atoms. The van der Waals surface area contributed by atoms with Gasteiger partial charge in [0.1, 0.15) is 0 Å². The van der Waals surface area contributed by atoms with Gasteiger partial charge in [0, 0.05) is 0 Å². The maximum Gasteiger partial charge on any atom is 0.0802 e. The van der Waals surface area contributed by atoms with Gasteiger partial charge in [0.2, 0.25) is 0 Å². The van der Waals surface area contributed by atoms with Gasteiger partial charge in [0.25, 0.3) is 0 Å². The van der Waals surface area contributed by atoms with E-state index < -0.39 is 0 Å². The van der Waals surface area contributed by atoms with Gasteiger partial charge >= 0.3 is 0 Å². The Bertz CT molecular complexity index is 347. The van der Waals surface area contributed by atoms with E-state index in [-0.39, 0.29) is 6.10 Å². The fraction of sp³-hybridized carbons (Fsp3) is 0.684. The molecular weight excluding hydrogens is 258 g/mol. The highest BCUT2D eigenvalue weighted by molar-refractivity contribution is 5.24. The minimum absolute atomic E-state index is 0.340. The summed E-state index contributed by atoms with van der Waals surface area (Å²) in [5.41, 5.74) is 2.44. The van der Waals surface area contributed by atoms with Crippen molar-refractivity contribution in [2.45, 2.75) is 71.3 Å². The fourth-order valence-electron chi connectivity index (χ4n) is 2.49. The van der Waals surface area contributed by atoms with E-state index in [1.165, 1.54) is 44.1 Å². The summed E-state index contributed by atoms with van der Waals surface area (Å²) in [6.07, 6.45) is 9.26. The highest BCUT2D eigenvalue weighted by Gasteiger charge is 2.06. The number of nitrogens with one attached hydrogen (secondary N) is 1. The molecule has 2 N–H and O–H groups in total. The van der Waals surface area contributed by atoms with Crippen molar-refractivity contribution < 1.29 is 5.11 Å². The SMILES string of the molecule is CCCCCCc1ccc(C(O)CCNCCCC)cc1. The second-order valence-corrected chi connectivity index (χ2v) is 5.96. The number of rotatable bonds is 12. The summed E-state index contributed by atoms with van der Waals surface area (Å²) >= 11 is 0. The van der Waals surface area contributed by atoms with Crippen LogP contribution in [0.2, 0.25) is 0 Å². The number of aryl methyl sites for hydroxylation is 1. The zero-order valence-electron chi connectivity index (χ0n) is 13.9. The minimum atomic E-state index is -0.340. The summed E-state index contributed by atoms with van der Waals surface area (Å²) < 4.78 is 0. The van der Waals surface area contributed by atoms with Crippen molar-refractivity contribution in [2.24, 2.45) is 0 Å². The average Bonchev–Trinajstić information content (AvgIpc) is 2.52. The van der Waals surface area contributed by atoms with E-state index in [4.69, 9.17) is 0 Å². The monoisotopic (exact) mass is 291 g/mol. The highest BCUT2D eigenvalue weighted by atomic mass is 16.3. The van der Waals surface area contributed by atoms with Crippen molar-refractivity contribution in [2.75, 3.05) is 13.1 Å². The molecule has 120 valence electrons. The fourth-order valence-corrected chi connectivity index (χ4v) is 2.49. The summed E-state index contributed by atoms with van der Waals surface area (Å²) in [7, 11) is 0. The molecule has 0 radical (unpaired) electrons. The van der Waals surface area contributed by atoms with Crippen LogP contribution in [0.25, 0.3) is 0 Å². The second kappa shape index (κ2) is 11.8. The number of aliphatic hydroxyl groups is 1. The molecule has 0 fully saturated rings. The molecule has 0 saturated carbocycles. The van der Waals surface area contributed by atoms with Gasteiger partial charge < -0.3 is 10.4 Å². The van der Waals surface area contributed by atoms with Gasteiger partial charge in [-0.25, -0.2) is 0 Å². The summed E-state index contributed by atoms with van der Waals surface area (Å²) in [5, 5.41) is 13.6. The summed E-state index contributed by atoms with van der Waals surface area (Å²) in [6, 6.07) is 8.53. The first kappa shape index (κ1) is 18.2. The van der Waals surface area contributed by atoms with Crippen LogP contribution in [-0.4, -0.2) is 18.2 Å². The zero-order valence-corrected chi connectivity index (χ0v) is 13.9. The molecule has 1 aromatic rings. The minimum Gasteiger partial charge on any atom is -0.388 e. The smallest absolute Gasteiger partial charge is 0.0802 e. The average molecular weight is 291 g/mol. The van der Waals surface area contributed by atoms with Crippen LogP contribution >= 0.6 is 0 Å². The Hall–Kier alpha value is -0.860. The van der Waals surface area contributed by atoms with Crippen molar-refractivity contribution in [1.82, 2.24) is 5.32 Å². The van der Waals surface area contributed by atoms with E-state index in [2.05, 4.69) is 43.4 Å². The third-order valence-electron chi connectivity index (χ3n) is 3.99. The van der Waals surface area contributed by atoms with Crippen LogP contribution < -0.4 is 5.32 Å². The Morgan fingerprint density at radius 3 is 2.29 bits per heavy atom. The van der Waals surface area contributed by atoms with Crippen LogP contribution in [0.5, 0.6) is 0 Å². The Morgan fingerprint density at radius 2 is 1.62 bits per heavy atom. The Labute approximate surface area is 131 Å². The lowest BCUT2D eigenvalue weighted by Gasteiger charge is -2.12. The molecule has 1 atom stereocenters. The molecule has 2 nitrogen and oxygen atoms in total. The molecule has 0 aliphatic rings. The number of hydrogen-bond donors (Lipinski definition) is 2. The van der Waals surface area contributed by atoms with Gasteiger partial charge in [0.05, 0.1) is 6.10 Å². The lowest BCUT2D eigenvalue weighted by Crippen LogP contribution is -2.18. The summed E-state index contributed by atoms with van der Waals surface area (Å²) in [6.45, 7) is 6.38. The lowest BCUT2D eigenvalue weighted by atomic mass is 10.0. The molecule has 1 aromatic carbocycles. The van der Waals surface area contributed by atoms with Crippen LogP contribution in [0.15, 0.2) is 24.3 Å². The molecule has 0 saturated heterocycles. The van der Waals surface area contributed by atoms with Crippen molar-refractivity contribution in [3.63, 3.8) is 0 Å². The third kappa shape index (κ3) is 8.23. The van der Waals surface area contributed by atoms with Crippen LogP contribution in [0.3, 0.4) is 0 Å². The Morgan fingerprint density at radius 1 is 0.905 bits per heavy atom. The van der Waals surface area contributed by atoms with E-state index in [1.807, 2.05) is 0 Å². The van der Waals surface area contributed by atoms with Crippen LogP contribution in [0.1, 0.15) is 76.0 Å². The molecule has 21 heavy (non-hydrogen) atoms. The van der Waals surface area contributed by atoms with Crippen LogP contribution in [0, 0.1) is 0 Å². The number of hydrogen-bond acceptors (Lipinski definition) is 2. The summed E-state index contributed by atoms with van der Waals surface area (Å²) in [4.78, 5) is 0. The molecule has 1 rings (SSSR count). The molecule has 0 aliphatic heterocycles. The number of unbranched alkanes of at least 4 members (excludes halogenated alkanes) is 4. The molecule has 1 unspecified atom stereocenters. The van der Waals surface area contributed by atoms with E-state index in [0.29, 0.717) is 0 Å². The Balaban J connectivity index is 2.25. The maximum atomic E-state index is 10.2. The molecule has 2 heteroatoms. The van der Waals surface area contributed by atoms with Gasteiger partial charge in [-0.3, -0.25) is 0 Å². The molecule has 0 aromatic heterocycles. The quantitative estimate of drug-likeness (QED) is 0.551. The van der Waals surface area contributed by atoms with E-state index in [0.717, 1.165) is 31.5 Å². The van der Waals surface area contributed by atoms with E-state index >= 15 is 0 Å². The van der Waals surface area contributed by atoms with E-state index in [1.54, 1.807) is 0 Å². The van der Waals surface area contributed by atoms with Crippen molar-refractivity contribution in [3.05, 3.63) is 35.4 Å². The maximum absolute atomic E-state index is 10.2. The zero-order chi connectivity index (χ0) is 15.3. The molecular formula is C19H33NO. The van der Waals surface area contributed by atoms with Crippen molar-refractivity contribution in [1.29, 1.82) is 0 Å². The summed E-state index contributed by atoms with van der Waals surface area (Å²) in [5.74, 6) is 0. The second-order valence-electron chi connectivity index (χ2n) is 5.96. The molecule has 0 spiro atoms. The third-order valence-corrected chi connectivity index (χ3v) is 3.99. The normalized spacial score (nSPS) is 12.5. The van der Waals surface area contributed by atoms with Crippen molar-refractivity contribution >= 4 is 0 Å². The number of aliphatic hydroxyl groups excluding tert-OH is 1. The topological polar surface area (TPSA) is 32.3 Å². The van der Waals surface area contributed by atoms with Crippen molar-refractivity contribution in [3.8, 4) is 0 Å². The van der Waals surface area contributed by atoms with Crippen LogP contribution in [-0.2, 0) is 6.42 Å². The predicted octanol–water partition coefficient (Wildman–Crippen LogP) is 4.62. The first-order chi connectivity index (χ1) is 10.3. The first-order valence-corrected chi connectivity index (χ1v) is 8.75. The lowest BCUT2D eigenvalue weighted by molar-refractivity contribution is 0.167. The van der Waals surface area contributed by atoms with E-state index in [9.17, 15) is 5.11 Å². The molecule has 0 aliphatic carbocycles.